The van der Waals surface area contributed by atoms with Crippen LogP contribution < -0.4 is 10.5 Å². The first kappa shape index (κ1) is 23.5. The van der Waals surface area contributed by atoms with Gasteiger partial charge in [-0.25, -0.2) is 0 Å². The quantitative estimate of drug-likeness (QED) is 0.339. The van der Waals surface area contributed by atoms with Gasteiger partial charge in [-0.05, 0) is 86.2 Å². The summed E-state index contributed by atoms with van der Waals surface area (Å²) in [6, 6.07) is 3.56. The third-order valence-corrected chi connectivity index (χ3v) is 6.58. The van der Waals surface area contributed by atoms with Gasteiger partial charge in [-0.2, -0.15) is 13.2 Å². The van der Waals surface area contributed by atoms with Crippen LogP contribution >= 0.6 is 35.1 Å². The summed E-state index contributed by atoms with van der Waals surface area (Å²) in [6.07, 6.45) is -0.454. The Balaban J connectivity index is 2.14. The predicted molar refractivity (Wildman–Crippen MR) is 112 cm³/mol. The number of rotatable bonds is 7. The van der Waals surface area contributed by atoms with E-state index in [4.69, 9.17) is 34.3 Å². The lowest BCUT2D eigenvalue weighted by atomic mass is 9.93. The maximum absolute atomic E-state index is 13.6. The standard InChI is InChI=1S/C19H24Cl2F3N3S/c1-11-8-16(20)15(17(21)9-11)7-2-12(10-25)18(19(22,23)24)28-27-14-5-3-13(26)4-6-14/h8-10,13-14,25,27H,2-7,26H2,1H3/b18-12-,25-10?. The lowest BCUT2D eigenvalue weighted by molar-refractivity contribution is -0.0842. The highest BCUT2D eigenvalue weighted by molar-refractivity contribution is 8.01. The van der Waals surface area contributed by atoms with Crippen molar-refractivity contribution in [3.05, 3.63) is 43.8 Å². The molecular formula is C19H24Cl2F3N3S. The number of aryl methyl sites for hydroxylation is 1. The summed E-state index contributed by atoms with van der Waals surface area (Å²) in [5.41, 5.74) is 7.22. The Morgan fingerprint density at radius 1 is 1.25 bits per heavy atom. The van der Waals surface area contributed by atoms with E-state index < -0.39 is 11.1 Å². The average Bonchev–Trinajstić information content (AvgIpc) is 2.59. The van der Waals surface area contributed by atoms with E-state index in [1.807, 2.05) is 6.92 Å². The molecule has 0 spiro atoms. The van der Waals surface area contributed by atoms with Crippen LogP contribution in [0.25, 0.3) is 0 Å². The largest absolute Gasteiger partial charge is 0.423 e. The van der Waals surface area contributed by atoms with Gasteiger partial charge in [0.15, 0.2) is 0 Å². The number of alkyl halides is 3. The molecule has 0 bridgehead atoms. The number of hydrogen-bond acceptors (Lipinski definition) is 4. The van der Waals surface area contributed by atoms with Crippen molar-refractivity contribution < 1.29 is 13.2 Å². The highest BCUT2D eigenvalue weighted by atomic mass is 35.5. The Labute approximate surface area is 177 Å². The molecule has 0 aliphatic heterocycles. The minimum atomic E-state index is -4.55. The Hall–Kier alpha value is -0.730. The summed E-state index contributed by atoms with van der Waals surface area (Å²) < 4.78 is 43.8. The van der Waals surface area contributed by atoms with Gasteiger partial charge in [0.25, 0.3) is 0 Å². The van der Waals surface area contributed by atoms with Crippen LogP contribution in [0, 0.1) is 12.3 Å². The normalized spacial score (nSPS) is 21.4. The van der Waals surface area contributed by atoms with E-state index in [2.05, 4.69) is 4.72 Å². The molecule has 0 aromatic heterocycles. The summed E-state index contributed by atoms with van der Waals surface area (Å²) in [4.78, 5) is -0.795. The van der Waals surface area contributed by atoms with Crippen LogP contribution in [0.15, 0.2) is 22.6 Å². The lowest BCUT2D eigenvalue weighted by Crippen LogP contribution is -2.35. The number of halogens is 5. The van der Waals surface area contributed by atoms with Crippen LogP contribution in [0.4, 0.5) is 13.2 Å². The van der Waals surface area contributed by atoms with Gasteiger partial charge in [-0.15, -0.1) is 0 Å². The number of allylic oxidation sites excluding steroid dienone is 2. The monoisotopic (exact) mass is 453 g/mol. The highest BCUT2D eigenvalue weighted by Gasteiger charge is 2.37. The summed E-state index contributed by atoms with van der Waals surface area (Å²) in [5, 5.41) is 8.37. The molecule has 0 unspecified atom stereocenters. The zero-order valence-corrected chi connectivity index (χ0v) is 17.8. The molecule has 1 saturated carbocycles. The molecule has 28 heavy (non-hydrogen) atoms. The van der Waals surface area contributed by atoms with E-state index in [-0.39, 0.29) is 30.5 Å². The topological polar surface area (TPSA) is 61.9 Å². The maximum Gasteiger partial charge on any atom is 0.423 e. The first-order valence-electron chi connectivity index (χ1n) is 9.05. The van der Waals surface area contributed by atoms with Crippen molar-refractivity contribution in [2.24, 2.45) is 5.73 Å². The summed E-state index contributed by atoms with van der Waals surface area (Å²) in [7, 11) is 0. The SMILES string of the molecule is Cc1cc(Cl)c(CC/C(C=N)=C(/SNC2CCC(N)CC2)C(F)(F)F)c(Cl)c1. The third-order valence-electron chi connectivity index (χ3n) is 4.75. The Morgan fingerprint density at radius 2 is 1.82 bits per heavy atom. The maximum atomic E-state index is 13.6. The van der Waals surface area contributed by atoms with E-state index in [0.717, 1.165) is 37.5 Å². The molecule has 9 heteroatoms. The Bertz CT molecular complexity index is 707. The lowest BCUT2D eigenvalue weighted by Gasteiger charge is -2.27. The highest BCUT2D eigenvalue weighted by Crippen LogP contribution is 2.38. The van der Waals surface area contributed by atoms with Crippen LogP contribution in [0.1, 0.15) is 43.2 Å². The fourth-order valence-corrected chi connectivity index (χ4v) is 4.88. The van der Waals surface area contributed by atoms with Crippen molar-refractivity contribution in [1.82, 2.24) is 4.72 Å². The van der Waals surface area contributed by atoms with Crippen molar-refractivity contribution in [3.63, 3.8) is 0 Å². The van der Waals surface area contributed by atoms with Crippen LogP contribution in [-0.4, -0.2) is 24.5 Å². The first-order valence-corrected chi connectivity index (χ1v) is 10.6. The number of hydrogen-bond donors (Lipinski definition) is 3. The van der Waals surface area contributed by atoms with E-state index in [1.165, 1.54) is 0 Å². The molecule has 0 amide bonds. The van der Waals surface area contributed by atoms with Crippen LogP contribution in [0.5, 0.6) is 0 Å². The van der Waals surface area contributed by atoms with Gasteiger partial charge in [-0.1, -0.05) is 23.2 Å². The fraction of sp³-hybridized carbons (Fsp3) is 0.526. The van der Waals surface area contributed by atoms with Gasteiger partial charge >= 0.3 is 6.18 Å². The molecule has 0 atom stereocenters. The number of benzene rings is 1. The van der Waals surface area contributed by atoms with Crippen molar-refractivity contribution >= 4 is 41.4 Å². The van der Waals surface area contributed by atoms with Gasteiger partial charge in [0, 0.05) is 28.3 Å². The zero-order chi connectivity index (χ0) is 20.9. The van der Waals surface area contributed by atoms with E-state index in [1.54, 1.807) is 12.1 Å². The molecule has 1 aromatic carbocycles. The van der Waals surface area contributed by atoms with E-state index >= 15 is 0 Å². The molecule has 3 nitrogen and oxygen atoms in total. The second-order valence-electron chi connectivity index (χ2n) is 7.04. The molecule has 1 fully saturated rings. The summed E-state index contributed by atoms with van der Waals surface area (Å²) >= 11 is 13.0. The third kappa shape index (κ3) is 6.66. The summed E-state index contributed by atoms with van der Waals surface area (Å²) in [5.74, 6) is 0. The minimum Gasteiger partial charge on any atom is -0.328 e. The van der Waals surface area contributed by atoms with E-state index in [9.17, 15) is 13.2 Å². The molecule has 1 aromatic rings. The Morgan fingerprint density at radius 3 is 2.32 bits per heavy atom. The molecule has 4 N–H and O–H groups in total. The molecule has 0 saturated heterocycles. The second kappa shape index (κ2) is 10.3. The minimum absolute atomic E-state index is 0.0184. The smallest absolute Gasteiger partial charge is 0.328 e. The van der Waals surface area contributed by atoms with Crippen LogP contribution in [0.3, 0.4) is 0 Å². The second-order valence-corrected chi connectivity index (χ2v) is 8.70. The number of nitrogens with two attached hydrogens (primary N) is 1. The van der Waals surface area contributed by atoms with Gasteiger partial charge in [-0.3, -0.25) is 4.72 Å². The molecule has 1 aliphatic rings. The zero-order valence-electron chi connectivity index (χ0n) is 15.5. The van der Waals surface area contributed by atoms with Gasteiger partial charge in [0.1, 0.15) is 4.91 Å². The first-order chi connectivity index (χ1) is 13.1. The molecule has 0 radical (unpaired) electrons. The van der Waals surface area contributed by atoms with Crippen molar-refractivity contribution in [2.75, 3.05) is 0 Å². The number of nitrogens with one attached hydrogen (secondary N) is 2. The van der Waals surface area contributed by atoms with Crippen molar-refractivity contribution in [3.8, 4) is 0 Å². The average molecular weight is 454 g/mol. The molecular weight excluding hydrogens is 430 g/mol. The van der Waals surface area contributed by atoms with Crippen LogP contribution in [-0.2, 0) is 6.42 Å². The molecule has 2 rings (SSSR count). The summed E-state index contributed by atoms with van der Waals surface area (Å²) in [6.45, 7) is 1.84. The van der Waals surface area contributed by atoms with Gasteiger partial charge < -0.3 is 11.1 Å². The van der Waals surface area contributed by atoms with Crippen molar-refractivity contribution in [1.29, 1.82) is 5.41 Å². The molecule has 0 heterocycles. The van der Waals surface area contributed by atoms with Gasteiger partial charge in [0.2, 0.25) is 0 Å². The van der Waals surface area contributed by atoms with Crippen molar-refractivity contribution in [2.45, 2.75) is 63.7 Å². The fourth-order valence-electron chi connectivity index (χ4n) is 3.16. The van der Waals surface area contributed by atoms with Gasteiger partial charge in [0.05, 0.1) is 0 Å². The predicted octanol–water partition coefficient (Wildman–Crippen LogP) is 6.21. The van der Waals surface area contributed by atoms with Crippen LogP contribution in [0.2, 0.25) is 10.0 Å². The van der Waals surface area contributed by atoms with E-state index in [0.29, 0.717) is 27.6 Å². The molecule has 1 aliphatic carbocycles. The Kier molecular flexibility index (Phi) is 8.70. The molecule has 156 valence electrons.